The molecule has 3 aromatic rings. The number of ether oxygens (including phenoxy) is 2. The van der Waals surface area contributed by atoms with Crippen LogP contribution in [0.15, 0.2) is 88.4 Å². The highest BCUT2D eigenvalue weighted by atomic mass is 35.5. The second kappa shape index (κ2) is 8.98. The van der Waals surface area contributed by atoms with E-state index in [2.05, 4.69) is 0 Å². The van der Waals surface area contributed by atoms with Gasteiger partial charge in [-0.05, 0) is 54.0 Å². The first-order valence-corrected chi connectivity index (χ1v) is 13.0. The summed E-state index contributed by atoms with van der Waals surface area (Å²) in [5.41, 5.74) is 10.4. The van der Waals surface area contributed by atoms with Crippen molar-refractivity contribution in [3.05, 3.63) is 105 Å². The average molecular weight is 509 g/mol. The smallest absolute Gasteiger partial charge is 0.207 e. The van der Waals surface area contributed by atoms with Crippen LogP contribution in [0.1, 0.15) is 22.6 Å². The average Bonchev–Trinajstić information content (AvgIpc) is 2.87. The summed E-state index contributed by atoms with van der Waals surface area (Å²) in [7, 11) is -0.740. The first kappa shape index (κ1) is 23.3. The minimum atomic E-state index is -3.94. The number of benzene rings is 3. The topological polar surface area (TPSA) is 81.9 Å². The Bertz CT molecular complexity index is 1470. The van der Waals surface area contributed by atoms with Crippen molar-refractivity contribution in [1.82, 2.24) is 4.90 Å². The Hall–Kier alpha value is -3.42. The molecule has 0 radical (unpaired) electrons. The van der Waals surface area contributed by atoms with Gasteiger partial charge >= 0.3 is 0 Å². The molecule has 0 unspecified atom stereocenters. The number of nitrogens with two attached hydrogens (primary N) is 1. The molecular formula is C27H25ClN2O4S. The third kappa shape index (κ3) is 3.94. The van der Waals surface area contributed by atoms with Crippen molar-refractivity contribution >= 4 is 27.1 Å². The Labute approximate surface area is 210 Å². The molecule has 8 heteroatoms. The Morgan fingerprint density at radius 1 is 0.971 bits per heavy atom. The molecule has 6 nitrogen and oxygen atoms in total. The first-order valence-electron chi connectivity index (χ1n) is 11.1. The molecule has 2 aliphatic heterocycles. The van der Waals surface area contributed by atoms with Crippen LogP contribution >= 0.6 is 11.6 Å². The van der Waals surface area contributed by atoms with Crippen LogP contribution in [-0.2, 0) is 16.3 Å². The minimum Gasteiger partial charge on any atom is -0.493 e. The van der Waals surface area contributed by atoms with Crippen molar-refractivity contribution < 1.29 is 17.9 Å². The van der Waals surface area contributed by atoms with E-state index in [9.17, 15) is 8.42 Å². The molecule has 0 saturated heterocycles. The van der Waals surface area contributed by atoms with Gasteiger partial charge in [-0.3, -0.25) is 0 Å². The van der Waals surface area contributed by atoms with E-state index in [1.165, 1.54) is 6.07 Å². The number of nitrogens with zero attached hydrogens (tertiary/aromatic N) is 1. The van der Waals surface area contributed by atoms with E-state index in [0.29, 0.717) is 29.5 Å². The number of methoxy groups -OCH3 is 2. The Balaban J connectivity index is 1.73. The van der Waals surface area contributed by atoms with Crippen LogP contribution in [0.3, 0.4) is 0 Å². The van der Waals surface area contributed by atoms with Crippen molar-refractivity contribution in [3.63, 3.8) is 0 Å². The summed E-state index contributed by atoms with van der Waals surface area (Å²) in [4.78, 5) is 2.15. The predicted molar refractivity (Wildman–Crippen MR) is 137 cm³/mol. The molecule has 0 fully saturated rings. The van der Waals surface area contributed by atoms with Gasteiger partial charge in [-0.15, -0.1) is 0 Å². The maximum atomic E-state index is 13.9. The maximum Gasteiger partial charge on any atom is 0.207 e. The SMILES string of the molecule is COc1cc2c(cc1OC)C1=C[C@H](c3ccccc3)C(S(=O)(=O)c3cccc(Cl)c3)=C(N)N1CC2. The molecule has 2 heterocycles. The summed E-state index contributed by atoms with van der Waals surface area (Å²) in [5.74, 6) is 0.899. The highest BCUT2D eigenvalue weighted by molar-refractivity contribution is 7.95. The summed E-state index contributed by atoms with van der Waals surface area (Å²) in [6.45, 7) is 0.538. The number of hydrogen-bond acceptors (Lipinski definition) is 6. The van der Waals surface area contributed by atoms with E-state index in [1.54, 1.807) is 32.4 Å². The minimum absolute atomic E-state index is 0.115. The monoisotopic (exact) mass is 508 g/mol. The maximum absolute atomic E-state index is 13.9. The van der Waals surface area contributed by atoms with Crippen LogP contribution in [0.5, 0.6) is 11.5 Å². The lowest BCUT2D eigenvalue weighted by atomic mass is 9.88. The van der Waals surface area contributed by atoms with E-state index in [-0.39, 0.29) is 15.6 Å². The summed E-state index contributed by atoms with van der Waals surface area (Å²) in [5, 5.41) is 0.349. The van der Waals surface area contributed by atoms with Crippen LogP contribution < -0.4 is 15.2 Å². The molecule has 2 N–H and O–H groups in total. The van der Waals surface area contributed by atoms with Crippen LogP contribution in [0, 0.1) is 0 Å². The number of hydrogen-bond donors (Lipinski definition) is 1. The van der Waals surface area contributed by atoms with Gasteiger partial charge in [0.15, 0.2) is 11.5 Å². The van der Waals surface area contributed by atoms with Crippen molar-refractivity contribution in [2.24, 2.45) is 5.73 Å². The van der Waals surface area contributed by atoms with Gasteiger partial charge in [0.25, 0.3) is 0 Å². The van der Waals surface area contributed by atoms with Crippen LogP contribution in [0.4, 0.5) is 0 Å². The number of allylic oxidation sites excluding steroid dienone is 2. The fourth-order valence-electron chi connectivity index (χ4n) is 4.79. The van der Waals surface area contributed by atoms with Crippen LogP contribution in [0.25, 0.3) is 5.70 Å². The van der Waals surface area contributed by atoms with Crippen molar-refractivity contribution in [2.75, 3.05) is 20.8 Å². The van der Waals surface area contributed by atoms with E-state index in [0.717, 1.165) is 22.4 Å². The third-order valence-corrected chi connectivity index (χ3v) is 8.64. The molecule has 180 valence electrons. The van der Waals surface area contributed by atoms with Crippen molar-refractivity contribution in [1.29, 1.82) is 0 Å². The zero-order valence-corrected chi connectivity index (χ0v) is 20.9. The molecule has 0 spiro atoms. The Morgan fingerprint density at radius 2 is 1.69 bits per heavy atom. The normalized spacial score (nSPS) is 17.4. The molecule has 2 aliphatic rings. The van der Waals surface area contributed by atoms with Gasteiger partial charge in [-0.25, -0.2) is 8.42 Å². The number of halogens is 1. The fourth-order valence-corrected chi connectivity index (χ4v) is 6.77. The van der Waals surface area contributed by atoms with E-state index >= 15 is 0 Å². The Kier molecular flexibility index (Phi) is 5.99. The largest absolute Gasteiger partial charge is 0.493 e. The number of fused-ring (bicyclic) bond motifs is 3. The molecule has 1 atom stereocenters. The van der Waals surface area contributed by atoms with E-state index in [4.69, 9.17) is 26.8 Å². The lowest BCUT2D eigenvalue weighted by Gasteiger charge is -2.39. The third-order valence-electron chi connectivity index (χ3n) is 6.49. The molecule has 0 bridgehead atoms. The summed E-state index contributed by atoms with van der Waals surface area (Å²) >= 11 is 6.14. The van der Waals surface area contributed by atoms with Crippen molar-refractivity contribution in [3.8, 4) is 11.5 Å². The summed E-state index contributed by atoms with van der Waals surface area (Å²) in [6, 6.07) is 19.7. The molecular weight excluding hydrogens is 484 g/mol. The van der Waals surface area contributed by atoms with E-state index < -0.39 is 15.8 Å². The van der Waals surface area contributed by atoms with Gasteiger partial charge in [0.1, 0.15) is 10.7 Å². The highest BCUT2D eigenvalue weighted by Gasteiger charge is 2.39. The molecule has 5 rings (SSSR count). The molecule has 0 aliphatic carbocycles. The fraction of sp³-hybridized carbons (Fsp3) is 0.185. The second-order valence-corrected chi connectivity index (χ2v) is 10.8. The van der Waals surface area contributed by atoms with Crippen LogP contribution in [0.2, 0.25) is 5.02 Å². The predicted octanol–water partition coefficient (Wildman–Crippen LogP) is 4.96. The van der Waals surface area contributed by atoms with Gasteiger partial charge in [-0.1, -0.05) is 48.0 Å². The van der Waals surface area contributed by atoms with Gasteiger partial charge in [-0.2, -0.15) is 0 Å². The number of rotatable bonds is 5. The second-order valence-electron chi connectivity index (χ2n) is 8.42. The first-order chi connectivity index (χ1) is 16.8. The molecule has 0 aromatic heterocycles. The zero-order chi connectivity index (χ0) is 24.7. The molecule has 0 amide bonds. The quantitative estimate of drug-likeness (QED) is 0.525. The highest BCUT2D eigenvalue weighted by Crippen LogP contribution is 2.46. The van der Waals surface area contributed by atoms with Gasteiger partial charge < -0.3 is 20.1 Å². The lowest BCUT2D eigenvalue weighted by Crippen LogP contribution is -2.38. The molecule has 0 saturated carbocycles. The molecule has 3 aromatic carbocycles. The summed E-state index contributed by atoms with van der Waals surface area (Å²) in [6.07, 6.45) is 2.65. The van der Waals surface area contributed by atoms with Crippen molar-refractivity contribution in [2.45, 2.75) is 17.2 Å². The van der Waals surface area contributed by atoms with Crippen LogP contribution in [-0.4, -0.2) is 34.1 Å². The summed E-state index contributed by atoms with van der Waals surface area (Å²) < 4.78 is 38.9. The van der Waals surface area contributed by atoms with E-state index in [1.807, 2.05) is 53.4 Å². The lowest BCUT2D eigenvalue weighted by molar-refractivity contribution is 0.353. The van der Waals surface area contributed by atoms with Gasteiger partial charge in [0.05, 0.1) is 19.1 Å². The van der Waals surface area contributed by atoms with Gasteiger partial charge in [0, 0.05) is 28.7 Å². The standard InChI is InChI=1S/C27H25ClN2O4S/c1-33-24-13-18-11-12-30-23(21(18)16-25(24)34-2)15-22(17-7-4-3-5-8-17)26(27(30)29)35(31,32)20-10-6-9-19(28)14-20/h3-10,13-16,22H,11-12,29H2,1-2H3/t22-/m1/s1. The zero-order valence-electron chi connectivity index (χ0n) is 19.4. The number of sulfone groups is 1. The molecule has 35 heavy (non-hydrogen) atoms. The Morgan fingerprint density at radius 3 is 2.37 bits per heavy atom. The van der Waals surface area contributed by atoms with Gasteiger partial charge in [0.2, 0.25) is 9.84 Å².